The van der Waals surface area contributed by atoms with Crippen LogP contribution in [0.15, 0.2) is 0 Å². The van der Waals surface area contributed by atoms with Crippen molar-refractivity contribution in [2.45, 2.75) is 277 Å². The molecule has 0 aliphatic rings. The summed E-state index contributed by atoms with van der Waals surface area (Å²) in [6, 6.07) is 0. The minimum absolute atomic E-state index is 0.0640. The Morgan fingerprint density at radius 2 is 0.500 bits per heavy atom. The maximum Gasteiger partial charge on any atom is 0.306 e. The molecule has 0 amide bonds. The zero-order chi connectivity index (χ0) is 39.4. The van der Waals surface area contributed by atoms with Crippen molar-refractivity contribution in [1.82, 2.24) is 0 Å². The average molecular weight is 765 g/mol. The number of hydrogen-bond donors (Lipinski definition) is 0. The summed E-state index contributed by atoms with van der Waals surface area (Å²) in [7, 11) is 0. The zero-order valence-electron chi connectivity index (χ0n) is 36.5. The van der Waals surface area contributed by atoms with Crippen molar-refractivity contribution in [3.05, 3.63) is 0 Å². The molecule has 0 spiro atoms. The van der Waals surface area contributed by atoms with Gasteiger partial charge in [0.05, 0.1) is 0 Å². The molecule has 0 aliphatic carbocycles. The second kappa shape index (κ2) is 44.1. The van der Waals surface area contributed by atoms with Crippen LogP contribution >= 0.6 is 0 Å². The molecule has 54 heavy (non-hydrogen) atoms. The number of ether oxygens (including phenoxy) is 3. The normalized spacial score (nSPS) is 11.8. The van der Waals surface area contributed by atoms with Gasteiger partial charge in [0, 0.05) is 19.3 Å². The van der Waals surface area contributed by atoms with Crippen LogP contribution in [0.3, 0.4) is 0 Å². The lowest BCUT2D eigenvalue weighted by Gasteiger charge is -2.18. The Bertz CT molecular complexity index is 798. The Morgan fingerprint density at radius 1 is 0.296 bits per heavy atom. The smallest absolute Gasteiger partial charge is 0.306 e. The van der Waals surface area contributed by atoms with Crippen molar-refractivity contribution in [3.63, 3.8) is 0 Å². The van der Waals surface area contributed by atoms with Crippen LogP contribution in [0, 0.1) is 0 Å². The monoisotopic (exact) mass is 765 g/mol. The fraction of sp³-hybridized carbons (Fsp3) is 0.938. The molecule has 0 aromatic heterocycles. The van der Waals surface area contributed by atoms with Crippen LogP contribution in [0.2, 0.25) is 0 Å². The fourth-order valence-corrected chi connectivity index (χ4v) is 7.21. The highest BCUT2D eigenvalue weighted by atomic mass is 16.6. The van der Waals surface area contributed by atoms with E-state index in [0.717, 1.165) is 64.2 Å². The van der Waals surface area contributed by atoms with E-state index in [1.165, 1.54) is 167 Å². The van der Waals surface area contributed by atoms with Crippen molar-refractivity contribution < 1.29 is 28.6 Å². The first-order valence-electron chi connectivity index (χ1n) is 24.0. The molecule has 1 atom stereocenters. The van der Waals surface area contributed by atoms with E-state index in [-0.39, 0.29) is 31.1 Å². The van der Waals surface area contributed by atoms with E-state index >= 15 is 0 Å². The van der Waals surface area contributed by atoms with Crippen molar-refractivity contribution in [2.24, 2.45) is 0 Å². The summed E-state index contributed by atoms with van der Waals surface area (Å²) in [6.45, 7) is 6.59. The highest BCUT2D eigenvalue weighted by Gasteiger charge is 2.19. The van der Waals surface area contributed by atoms with Gasteiger partial charge in [0.25, 0.3) is 0 Å². The molecule has 0 rings (SSSR count). The van der Waals surface area contributed by atoms with Crippen molar-refractivity contribution in [3.8, 4) is 0 Å². The second-order valence-electron chi connectivity index (χ2n) is 16.4. The topological polar surface area (TPSA) is 78.9 Å². The Labute approximate surface area is 336 Å². The fourth-order valence-electron chi connectivity index (χ4n) is 7.21. The maximum absolute atomic E-state index is 12.5. The van der Waals surface area contributed by atoms with Gasteiger partial charge in [-0.3, -0.25) is 14.4 Å². The molecule has 0 bridgehead atoms. The minimum Gasteiger partial charge on any atom is -0.462 e. The lowest BCUT2D eigenvalue weighted by molar-refractivity contribution is -0.167. The van der Waals surface area contributed by atoms with Crippen molar-refractivity contribution in [2.75, 3.05) is 13.2 Å². The first kappa shape index (κ1) is 52.4. The molecule has 0 saturated carbocycles. The molecular formula is C48H92O6. The molecule has 6 nitrogen and oxygen atoms in total. The number of esters is 3. The molecule has 0 heterocycles. The average Bonchev–Trinajstić information content (AvgIpc) is 3.17. The van der Waals surface area contributed by atoms with E-state index in [1.54, 1.807) is 0 Å². The van der Waals surface area contributed by atoms with E-state index in [0.29, 0.717) is 19.3 Å². The molecular weight excluding hydrogens is 673 g/mol. The Hall–Kier alpha value is -1.59. The Kier molecular flexibility index (Phi) is 42.8. The number of rotatable bonds is 44. The van der Waals surface area contributed by atoms with Gasteiger partial charge in [0.15, 0.2) is 6.10 Å². The third-order valence-electron chi connectivity index (χ3n) is 10.9. The van der Waals surface area contributed by atoms with Gasteiger partial charge in [-0.15, -0.1) is 0 Å². The minimum atomic E-state index is -0.757. The van der Waals surface area contributed by atoms with Gasteiger partial charge in [-0.1, -0.05) is 233 Å². The van der Waals surface area contributed by atoms with Crippen LogP contribution in [0.4, 0.5) is 0 Å². The number of unbranched alkanes of at least 4 members (excludes halogenated alkanes) is 33. The Morgan fingerprint density at radius 3 is 0.741 bits per heavy atom. The molecule has 0 radical (unpaired) electrons. The van der Waals surface area contributed by atoms with E-state index < -0.39 is 6.10 Å². The summed E-state index contributed by atoms with van der Waals surface area (Å²) >= 11 is 0. The molecule has 0 aromatic carbocycles. The zero-order valence-corrected chi connectivity index (χ0v) is 36.5. The van der Waals surface area contributed by atoms with Gasteiger partial charge in [-0.05, 0) is 19.3 Å². The van der Waals surface area contributed by atoms with Gasteiger partial charge < -0.3 is 14.2 Å². The molecule has 0 aliphatic heterocycles. The lowest BCUT2D eigenvalue weighted by Crippen LogP contribution is -2.30. The SMILES string of the molecule is CCCCCCCCCCCCCCCCCCC(=O)OC[C@@H](COC(=O)CCCCCCCCCCCCCCCCC)OC(=O)CCCCCCC. The number of carbonyl (C=O) groups excluding carboxylic acids is 3. The number of carbonyl (C=O) groups is 3. The molecule has 0 aromatic rings. The van der Waals surface area contributed by atoms with Crippen molar-refractivity contribution in [1.29, 1.82) is 0 Å². The van der Waals surface area contributed by atoms with Crippen molar-refractivity contribution >= 4 is 17.9 Å². The highest BCUT2D eigenvalue weighted by molar-refractivity contribution is 5.71. The molecule has 0 unspecified atom stereocenters. The third kappa shape index (κ3) is 41.6. The molecule has 0 fully saturated rings. The van der Waals surface area contributed by atoms with Crippen LogP contribution in [0.25, 0.3) is 0 Å². The molecule has 0 N–H and O–H groups in total. The van der Waals surface area contributed by atoms with Crippen LogP contribution in [0.5, 0.6) is 0 Å². The first-order valence-corrected chi connectivity index (χ1v) is 24.0. The highest BCUT2D eigenvalue weighted by Crippen LogP contribution is 2.16. The predicted octanol–water partition coefficient (Wildman–Crippen LogP) is 15.3. The maximum atomic E-state index is 12.5. The third-order valence-corrected chi connectivity index (χ3v) is 10.9. The van der Waals surface area contributed by atoms with E-state index in [9.17, 15) is 14.4 Å². The summed E-state index contributed by atoms with van der Waals surface area (Å²) in [5, 5.41) is 0. The molecule has 0 saturated heterocycles. The van der Waals surface area contributed by atoms with Gasteiger partial charge in [0.1, 0.15) is 13.2 Å². The van der Waals surface area contributed by atoms with Gasteiger partial charge in [0.2, 0.25) is 0 Å². The largest absolute Gasteiger partial charge is 0.462 e. The van der Waals surface area contributed by atoms with Crippen LogP contribution in [-0.4, -0.2) is 37.2 Å². The second-order valence-corrected chi connectivity index (χ2v) is 16.4. The lowest BCUT2D eigenvalue weighted by atomic mass is 10.0. The van der Waals surface area contributed by atoms with Crippen LogP contribution in [0.1, 0.15) is 271 Å². The van der Waals surface area contributed by atoms with E-state index in [2.05, 4.69) is 20.8 Å². The summed E-state index contributed by atoms with van der Waals surface area (Å²) in [5.74, 6) is -0.862. The van der Waals surface area contributed by atoms with Crippen LogP contribution in [-0.2, 0) is 28.6 Å². The molecule has 6 heteroatoms. The first-order chi connectivity index (χ1) is 26.5. The van der Waals surface area contributed by atoms with Crippen LogP contribution < -0.4 is 0 Å². The molecule has 320 valence electrons. The number of hydrogen-bond acceptors (Lipinski definition) is 6. The van der Waals surface area contributed by atoms with Gasteiger partial charge >= 0.3 is 17.9 Å². The van der Waals surface area contributed by atoms with E-state index in [1.807, 2.05) is 0 Å². The van der Waals surface area contributed by atoms with Gasteiger partial charge in [-0.2, -0.15) is 0 Å². The Balaban J connectivity index is 4.09. The van der Waals surface area contributed by atoms with E-state index in [4.69, 9.17) is 14.2 Å². The summed E-state index contributed by atoms with van der Waals surface area (Å²) in [6.07, 6.45) is 45.5. The van der Waals surface area contributed by atoms with Gasteiger partial charge in [-0.25, -0.2) is 0 Å². The standard InChI is InChI=1S/C48H92O6/c1-4-7-10-13-15-17-19-21-23-25-27-29-31-33-36-38-41-47(50)53-44-45(54-48(51)42-39-34-12-9-6-3)43-52-46(49)40-37-35-32-30-28-26-24-22-20-18-16-14-11-8-5-2/h45H,4-44H2,1-3H3/t45-/m1/s1. The summed E-state index contributed by atoms with van der Waals surface area (Å²) in [4.78, 5) is 37.5. The quantitative estimate of drug-likeness (QED) is 0.0349. The summed E-state index contributed by atoms with van der Waals surface area (Å²) < 4.78 is 16.6. The predicted molar refractivity (Wildman–Crippen MR) is 229 cm³/mol. The summed E-state index contributed by atoms with van der Waals surface area (Å²) in [5.41, 5.74) is 0.